The summed E-state index contributed by atoms with van der Waals surface area (Å²) in [7, 11) is 0. The van der Waals surface area contributed by atoms with Crippen LogP contribution in [-0.4, -0.2) is 24.4 Å². The summed E-state index contributed by atoms with van der Waals surface area (Å²) in [6.07, 6.45) is 3.08. The van der Waals surface area contributed by atoms with Crippen LogP contribution in [0.5, 0.6) is 0 Å². The quantitative estimate of drug-likeness (QED) is 0.686. The number of carbonyl (C=O) groups excluding carboxylic acids is 2. The van der Waals surface area contributed by atoms with E-state index in [1.54, 1.807) is 0 Å². The molecular weight excluding hydrogens is 228 g/mol. The van der Waals surface area contributed by atoms with E-state index in [2.05, 4.69) is 24.5 Å². The zero-order valence-electron chi connectivity index (χ0n) is 12.4. The molecule has 0 saturated carbocycles. The Balaban J connectivity index is 3.73. The lowest BCUT2D eigenvalue weighted by atomic mass is 9.96. The van der Waals surface area contributed by atoms with Crippen LogP contribution in [0.15, 0.2) is 0 Å². The molecule has 0 rings (SSSR count). The molecule has 2 N–H and O–H groups in total. The van der Waals surface area contributed by atoms with Gasteiger partial charge in [-0.15, -0.1) is 0 Å². The Hall–Kier alpha value is -1.06. The Morgan fingerprint density at radius 1 is 1.11 bits per heavy atom. The molecule has 0 saturated heterocycles. The minimum Gasteiger partial charge on any atom is -0.356 e. The first-order valence-corrected chi connectivity index (χ1v) is 6.88. The average Bonchev–Trinajstić information content (AvgIpc) is 2.30. The van der Waals surface area contributed by atoms with E-state index < -0.39 is 0 Å². The van der Waals surface area contributed by atoms with Crippen molar-refractivity contribution in [1.29, 1.82) is 0 Å². The molecule has 0 aromatic heterocycles. The highest BCUT2D eigenvalue weighted by Crippen LogP contribution is 2.12. The highest BCUT2D eigenvalue weighted by molar-refractivity contribution is 5.81. The van der Waals surface area contributed by atoms with Crippen molar-refractivity contribution in [3.05, 3.63) is 0 Å². The molecule has 4 nitrogen and oxygen atoms in total. The summed E-state index contributed by atoms with van der Waals surface area (Å²) >= 11 is 0. The topological polar surface area (TPSA) is 58.2 Å². The SMILES string of the molecule is CCC(CC)NC(=O)CCCNC(=O)C(C)(C)C. The normalized spacial score (nSPS) is 11.4. The van der Waals surface area contributed by atoms with E-state index >= 15 is 0 Å². The molecule has 0 spiro atoms. The fourth-order valence-electron chi connectivity index (χ4n) is 1.51. The van der Waals surface area contributed by atoms with Gasteiger partial charge in [-0.2, -0.15) is 0 Å². The second-order valence-electron chi connectivity index (χ2n) is 5.69. The summed E-state index contributed by atoms with van der Waals surface area (Å²) in [4.78, 5) is 23.2. The van der Waals surface area contributed by atoms with Crippen molar-refractivity contribution < 1.29 is 9.59 Å². The van der Waals surface area contributed by atoms with Gasteiger partial charge in [0.05, 0.1) is 0 Å². The number of hydrogen-bond acceptors (Lipinski definition) is 2. The van der Waals surface area contributed by atoms with Crippen molar-refractivity contribution in [1.82, 2.24) is 10.6 Å². The van der Waals surface area contributed by atoms with E-state index in [0.717, 1.165) is 12.8 Å². The van der Waals surface area contributed by atoms with Crippen LogP contribution in [0.3, 0.4) is 0 Å². The first-order valence-electron chi connectivity index (χ1n) is 6.88. The Labute approximate surface area is 111 Å². The van der Waals surface area contributed by atoms with Crippen LogP contribution >= 0.6 is 0 Å². The molecule has 18 heavy (non-hydrogen) atoms. The van der Waals surface area contributed by atoms with Crippen LogP contribution < -0.4 is 10.6 Å². The van der Waals surface area contributed by atoms with Crippen LogP contribution in [-0.2, 0) is 9.59 Å². The van der Waals surface area contributed by atoms with Gasteiger partial charge in [0.1, 0.15) is 0 Å². The smallest absolute Gasteiger partial charge is 0.225 e. The lowest BCUT2D eigenvalue weighted by molar-refractivity contribution is -0.128. The van der Waals surface area contributed by atoms with E-state index in [-0.39, 0.29) is 23.3 Å². The predicted molar refractivity (Wildman–Crippen MR) is 74.2 cm³/mol. The van der Waals surface area contributed by atoms with Crippen molar-refractivity contribution in [3.8, 4) is 0 Å². The molecule has 4 heteroatoms. The van der Waals surface area contributed by atoms with Gasteiger partial charge in [0.2, 0.25) is 11.8 Å². The number of carbonyl (C=O) groups is 2. The van der Waals surface area contributed by atoms with Crippen molar-refractivity contribution in [3.63, 3.8) is 0 Å². The maximum atomic E-state index is 11.6. The van der Waals surface area contributed by atoms with E-state index in [1.165, 1.54) is 0 Å². The number of hydrogen-bond donors (Lipinski definition) is 2. The molecule has 0 aromatic carbocycles. The summed E-state index contributed by atoms with van der Waals surface area (Å²) in [5.41, 5.74) is -0.363. The molecule has 0 fully saturated rings. The second-order valence-corrected chi connectivity index (χ2v) is 5.69. The van der Waals surface area contributed by atoms with Gasteiger partial charge < -0.3 is 10.6 Å². The molecular formula is C14H28N2O2. The van der Waals surface area contributed by atoms with E-state index in [9.17, 15) is 9.59 Å². The van der Waals surface area contributed by atoms with Crippen LogP contribution in [0.4, 0.5) is 0 Å². The minimum absolute atomic E-state index is 0.0305. The first kappa shape index (κ1) is 16.9. The maximum absolute atomic E-state index is 11.6. The molecule has 0 aliphatic rings. The third-order valence-corrected chi connectivity index (χ3v) is 2.90. The summed E-state index contributed by atoms with van der Waals surface area (Å²) in [5.74, 6) is 0.108. The second kappa shape index (κ2) is 8.11. The maximum Gasteiger partial charge on any atom is 0.225 e. The van der Waals surface area contributed by atoms with Gasteiger partial charge in [0.15, 0.2) is 0 Å². The van der Waals surface area contributed by atoms with Crippen LogP contribution in [0, 0.1) is 5.41 Å². The molecule has 106 valence electrons. The third-order valence-electron chi connectivity index (χ3n) is 2.90. The predicted octanol–water partition coefficient (Wildman–Crippen LogP) is 2.23. The van der Waals surface area contributed by atoms with Crippen molar-refractivity contribution in [2.75, 3.05) is 6.54 Å². The molecule has 0 aromatic rings. The molecule has 2 amide bonds. The van der Waals surface area contributed by atoms with Gasteiger partial charge in [-0.05, 0) is 19.3 Å². The molecule has 0 atom stereocenters. The van der Waals surface area contributed by atoms with E-state index in [0.29, 0.717) is 19.4 Å². The van der Waals surface area contributed by atoms with Crippen molar-refractivity contribution in [2.24, 2.45) is 5.41 Å². The Morgan fingerprint density at radius 2 is 1.67 bits per heavy atom. The molecule has 0 bridgehead atoms. The Kier molecular flexibility index (Phi) is 7.64. The molecule has 0 aliphatic carbocycles. The summed E-state index contributed by atoms with van der Waals surface area (Å²) in [5, 5.41) is 5.82. The number of rotatable bonds is 7. The van der Waals surface area contributed by atoms with Gasteiger partial charge in [0.25, 0.3) is 0 Å². The summed E-state index contributed by atoms with van der Waals surface area (Å²) < 4.78 is 0. The van der Waals surface area contributed by atoms with E-state index in [4.69, 9.17) is 0 Å². The first-order chi connectivity index (χ1) is 8.31. The van der Waals surface area contributed by atoms with Crippen LogP contribution in [0.25, 0.3) is 0 Å². The fourth-order valence-corrected chi connectivity index (χ4v) is 1.51. The van der Waals surface area contributed by atoms with E-state index in [1.807, 2.05) is 20.8 Å². The standard InChI is InChI=1S/C14H28N2O2/c1-6-11(7-2)16-12(17)9-8-10-15-13(18)14(3,4)5/h11H,6-10H2,1-5H3,(H,15,18)(H,16,17). The van der Waals surface area contributed by atoms with Crippen molar-refractivity contribution >= 4 is 11.8 Å². The summed E-state index contributed by atoms with van der Waals surface area (Å²) in [6, 6.07) is 0.279. The largest absolute Gasteiger partial charge is 0.356 e. The summed E-state index contributed by atoms with van der Waals surface area (Å²) in [6.45, 7) is 10.3. The Bertz CT molecular complexity index is 265. The number of nitrogens with one attached hydrogen (secondary N) is 2. The molecule has 0 radical (unpaired) electrons. The lowest BCUT2D eigenvalue weighted by Crippen LogP contribution is -2.37. The van der Waals surface area contributed by atoms with Crippen LogP contribution in [0.1, 0.15) is 60.3 Å². The van der Waals surface area contributed by atoms with Crippen molar-refractivity contribution in [2.45, 2.75) is 66.3 Å². The van der Waals surface area contributed by atoms with Gasteiger partial charge in [-0.3, -0.25) is 9.59 Å². The molecule has 0 aliphatic heterocycles. The monoisotopic (exact) mass is 256 g/mol. The molecule has 0 unspecified atom stereocenters. The number of amides is 2. The zero-order chi connectivity index (χ0) is 14.2. The van der Waals surface area contributed by atoms with Gasteiger partial charge in [-0.1, -0.05) is 34.6 Å². The third kappa shape index (κ3) is 7.30. The lowest BCUT2D eigenvalue weighted by Gasteiger charge is -2.18. The zero-order valence-corrected chi connectivity index (χ0v) is 12.4. The van der Waals surface area contributed by atoms with Gasteiger partial charge in [0, 0.05) is 24.4 Å². The fraction of sp³-hybridized carbons (Fsp3) is 0.857. The average molecular weight is 256 g/mol. The highest BCUT2D eigenvalue weighted by Gasteiger charge is 2.20. The molecule has 0 heterocycles. The Morgan fingerprint density at radius 3 is 2.11 bits per heavy atom. The van der Waals surface area contributed by atoms with Gasteiger partial charge >= 0.3 is 0 Å². The highest BCUT2D eigenvalue weighted by atomic mass is 16.2. The van der Waals surface area contributed by atoms with Crippen LogP contribution in [0.2, 0.25) is 0 Å². The minimum atomic E-state index is -0.363. The van der Waals surface area contributed by atoms with Gasteiger partial charge in [-0.25, -0.2) is 0 Å².